The van der Waals surface area contributed by atoms with Gasteiger partial charge < -0.3 is 19.0 Å². The fourth-order valence-corrected chi connectivity index (χ4v) is 2.66. The lowest BCUT2D eigenvalue weighted by molar-refractivity contribution is -0.137. The number of rotatable bonds is 8. The zero-order valence-electron chi connectivity index (χ0n) is 16.0. The fourth-order valence-electron chi connectivity index (χ4n) is 2.66. The van der Waals surface area contributed by atoms with Gasteiger partial charge in [0.25, 0.3) is 5.91 Å². The van der Waals surface area contributed by atoms with Crippen LogP contribution in [0.25, 0.3) is 0 Å². The van der Waals surface area contributed by atoms with E-state index >= 15 is 0 Å². The maximum absolute atomic E-state index is 12.6. The van der Waals surface area contributed by atoms with E-state index in [4.69, 9.17) is 9.26 Å². The second-order valence-electron chi connectivity index (χ2n) is 6.60. The van der Waals surface area contributed by atoms with E-state index in [1.165, 1.54) is 0 Å². The third-order valence-corrected chi connectivity index (χ3v) is 4.30. The van der Waals surface area contributed by atoms with Crippen molar-refractivity contribution in [3.8, 4) is 5.75 Å². The molecule has 2 rings (SSSR count). The Morgan fingerprint density at radius 2 is 1.88 bits per heavy atom. The summed E-state index contributed by atoms with van der Waals surface area (Å²) in [6.45, 7) is 7.44. The summed E-state index contributed by atoms with van der Waals surface area (Å²) in [5.74, 6) is 1.40. The molecule has 1 atom stereocenters. The first-order valence-electron chi connectivity index (χ1n) is 8.69. The van der Waals surface area contributed by atoms with Crippen LogP contribution in [-0.2, 0) is 22.6 Å². The second kappa shape index (κ2) is 8.65. The summed E-state index contributed by atoms with van der Waals surface area (Å²) in [4.78, 5) is 25.2. The fraction of sp³-hybridized carbons (Fsp3) is 0.450. The minimum absolute atomic E-state index is 0.120. The van der Waals surface area contributed by atoms with Crippen LogP contribution >= 0.6 is 0 Å². The quantitative estimate of drug-likeness (QED) is 0.724. The summed E-state index contributed by atoms with van der Waals surface area (Å²) in [6.07, 6.45) is 0.634. The molecule has 1 aromatic heterocycles. The minimum Gasteiger partial charge on any atom is -0.481 e. The Balaban J connectivity index is 1.92. The molecule has 0 aliphatic carbocycles. The van der Waals surface area contributed by atoms with Gasteiger partial charge in [0.05, 0.1) is 12.2 Å². The predicted molar refractivity (Wildman–Crippen MR) is 98.0 cm³/mol. The summed E-state index contributed by atoms with van der Waals surface area (Å²) in [7, 11) is 1.74. The lowest BCUT2D eigenvalue weighted by Crippen LogP contribution is -2.37. The molecule has 0 radical (unpaired) electrons. The van der Waals surface area contributed by atoms with Crippen LogP contribution in [0.5, 0.6) is 5.75 Å². The Morgan fingerprint density at radius 1 is 1.23 bits per heavy atom. The van der Waals surface area contributed by atoms with Crippen molar-refractivity contribution in [3.05, 3.63) is 46.8 Å². The topological polar surface area (TPSA) is 72.6 Å². The van der Waals surface area contributed by atoms with Crippen molar-refractivity contribution in [1.82, 2.24) is 10.1 Å². The van der Waals surface area contributed by atoms with Gasteiger partial charge >= 0.3 is 0 Å². The molecular weight excluding hydrogens is 332 g/mol. The van der Waals surface area contributed by atoms with Crippen LogP contribution in [0.15, 0.2) is 28.8 Å². The molecule has 0 fully saturated rings. The Kier molecular flexibility index (Phi) is 6.55. The molecule has 0 saturated heterocycles. The Hall–Kier alpha value is -2.63. The molecule has 1 heterocycles. The van der Waals surface area contributed by atoms with Gasteiger partial charge in [0, 0.05) is 19.0 Å². The largest absolute Gasteiger partial charge is 0.481 e. The van der Waals surface area contributed by atoms with Crippen LogP contribution in [-0.4, -0.2) is 34.9 Å². The van der Waals surface area contributed by atoms with E-state index in [0.717, 1.165) is 22.6 Å². The molecule has 6 heteroatoms. The summed E-state index contributed by atoms with van der Waals surface area (Å²) < 4.78 is 10.9. The first-order valence-corrected chi connectivity index (χ1v) is 8.69. The molecule has 26 heavy (non-hydrogen) atoms. The van der Waals surface area contributed by atoms with Gasteiger partial charge in [-0.3, -0.25) is 4.79 Å². The van der Waals surface area contributed by atoms with Crippen molar-refractivity contribution >= 4 is 11.7 Å². The van der Waals surface area contributed by atoms with Crippen molar-refractivity contribution < 1.29 is 18.8 Å². The highest BCUT2D eigenvalue weighted by Crippen LogP contribution is 2.18. The highest BCUT2D eigenvalue weighted by Gasteiger charge is 2.21. The van der Waals surface area contributed by atoms with Crippen LogP contribution in [0, 0.1) is 13.8 Å². The van der Waals surface area contributed by atoms with E-state index in [0.29, 0.717) is 25.1 Å². The van der Waals surface area contributed by atoms with Crippen molar-refractivity contribution in [2.24, 2.45) is 0 Å². The van der Waals surface area contributed by atoms with Crippen LogP contribution in [0.3, 0.4) is 0 Å². The van der Waals surface area contributed by atoms with Gasteiger partial charge in [0.1, 0.15) is 17.3 Å². The van der Waals surface area contributed by atoms with Crippen molar-refractivity contribution in [2.75, 3.05) is 7.05 Å². The summed E-state index contributed by atoms with van der Waals surface area (Å²) >= 11 is 0. The summed E-state index contributed by atoms with van der Waals surface area (Å²) in [5.41, 5.74) is 2.78. The number of carbonyl (C=O) groups is 2. The second-order valence-corrected chi connectivity index (χ2v) is 6.60. The molecule has 6 nitrogen and oxygen atoms in total. The number of hydrogen-bond donors (Lipinski definition) is 0. The third-order valence-electron chi connectivity index (χ3n) is 4.30. The summed E-state index contributed by atoms with van der Waals surface area (Å²) in [5, 5.41) is 3.91. The van der Waals surface area contributed by atoms with Crippen LogP contribution in [0.1, 0.15) is 42.8 Å². The van der Waals surface area contributed by atoms with Crippen molar-refractivity contribution in [1.29, 1.82) is 0 Å². The zero-order valence-corrected chi connectivity index (χ0v) is 16.0. The van der Waals surface area contributed by atoms with Crippen LogP contribution < -0.4 is 4.74 Å². The van der Waals surface area contributed by atoms with Gasteiger partial charge in [-0.05, 0) is 51.8 Å². The van der Waals surface area contributed by atoms with Gasteiger partial charge in [0.2, 0.25) is 0 Å². The number of aryl methyl sites for hydroxylation is 3. The summed E-state index contributed by atoms with van der Waals surface area (Å²) in [6, 6.07) is 7.49. The SMILES string of the molecule is CC(=O)CCc1ccc(OC(C)C(=O)N(C)Cc2c(C)noc2C)cc1. The molecule has 140 valence electrons. The van der Waals surface area contributed by atoms with E-state index in [1.54, 1.807) is 25.8 Å². The molecule has 0 bridgehead atoms. The van der Waals surface area contributed by atoms with Gasteiger partial charge in [-0.1, -0.05) is 17.3 Å². The Morgan fingerprint density at radius 3 is 2.42 bits per heavy atom. The number of ether oxygens (including phenoxy) is 1. The minimum atomic E-state index is -0.608. The molecule has 0 saturated carbocycles. The first kappa shape index (κ1) is 19.7. The number of hydrogen-bond acceptors (Lipinski definition) is 5. The van der Waals surface area contributed by atoms with Gasteiger partial charge in [-0.15, -0.1) is 0 Å². The molecule has 2 aromatic rings. The number of benzene rings is 1. The van der Waals surface area contributed by atoms with Gasteiger partial charge in [0.15, 0.2) is 6.10 Å². The maximum Gasteiger partial charge on any atom is 0.263 e. The molecule has 0 spiro atoms. The normalized spacial score (nSPS) is 11.9. The highest BCUT2D eigenvalue weighted by atomic mass is 16.5. The molecule has 1 amide bonds. The number of ketones is 1. The lowest BCUT2D eigenvalue weighted by atomic mass is 10.1. The van der Waals surface area contributed by atoms with E-state index < -0.39 is 6.10 Å². The van der Waals surface area contributed by atoms with Crippen LogP contribution in [0.2, 0.25) is 0 Å². The Labute approximate surface area is 154 Å². The lowest BCUT2D eigenvalue weighted by Gasteiger charge is -2.22. The molecule has 1 unspecified atom stereocenters. The van der Waals surface area contributed by atoms with Crippen molar-refractivity contribution in [2.45, 2.75) is 53.2 Å². The number of amides is 1. The highest BCUT2D eigenvalue weighted by molar-refractivity contribution is 5.80. The predicted octanol–water partition coefficient (Wildman–Crippen LogP) is 3.24. The smallest absolute Gasteiger partial charge is 0.263 e. The number of aromatic nitrogens is 1. The number of likely N-dealkylation sites (N-methyl/N-ethyl adjacent to an activating group) is 1. The van der Waals surface area contributed by atoms with E-state index in [9.17, 15) is 9.59 Å². The third kappa shape index (κ3) is 5.18. The average Bonchev–Trinajstić information content (AvgIpc) is 2.92. The van der Waals surface area contributed by atoms with E-state index in [2.05, 4.69) is 5.16 Å². The maximum atomic E-state index is 12.6. The monoisotopic (exact) mass is 358 g/mol. The van der Waals surface area contributed by atoms with E-state index in [-0.39, 0.29) is 11.7 Å². The van der Waals surface area contributed by atoms with Gasteiger partial charge in [-0.25, -0.2) is 0 Å². The first-order chi connectivity index (χ1) is 12.3. The molecule has 0 N–H and O–H groups in total. The van der Waals surface area contributed by atoms with Crippen molar-refractivity contribution in [3.63, 3.8) is 0 Å². The van der Waals surface area contributed by atoms with Gasteiger partial charge in [-0.2, -0.15) is 0 Å². The average molecular weight is 358 g/mol. The molecule has 0 aliphatic rings. The number of carbonyl (C=O) groups excluding carboxylic acids is 2. The zero-order chi connectivity index (χ0) is 19.3. The molecular formula is C20H26N2O4. The van der Waals surface area contributed by atoms with Crippen LogP contribution in [0.4, 0.5) is 0 Å². The molecule has 1 aromatic carbocycles. The number of nitrogens with zero attached hydrogens (tertiary/aromatic N) is 2. The number of Topliss-reactive ketones (excluding diaryl/α,β-unsaturated/α-hetero) is 1. The van der Waals surface area contributed by atoms with E-state index in [1.807, 2.05) is 38.1 Å². The standard InChI is InChI=1S/C20H26N2O4/c1-13(23)6-7-17-8-10-18(11-9-17)25-16(4)20(24)22(5)12-19-14(2)21-26-15(19)3/h8-11,16H,6-7,12H2,1-5H3. The molecule has 0 aliphatic heterocycles. The Bertz CT molecular complexity index is 745.